The Morgan fingerprint density at radius 3 is 2.68 bits per heavy atom. The molecule has 0 heterocycles. The highest BCUT2D eigenvalue weighted by atomic mass is 16.5. The Labute approximate surface area is 117 Å². The van der Waals surface area contributed by atoms with Crippen LogP contribution in [0, 0.1) is 5.92 Å². The van der Waals surface area contributed by atoms with E-state index in [9.17, 15) is 4.79 Å². The summed E-state index contributed by atoms with van der Waals surface area (Å²) in [4.78, 5) is 11.7. The molecule has 1 fully saturated rings. The highest BCUT2D eigenvalue weighted by molar-refractivity contribution is 5.81. The normalized spacial score (nSPS) is 19.9. The standard InChI is InChI=1S/C15H30N2O2/c1-3-12(2)14(16)15(18)17-10-7-11-19-13-8-5-4-6-9-13/h12-14H,3-11,16H2,1-2H3,(H,17,18)/t12-,14-/m0/s1. The minimum absolute atomic E-state index is 0.0352. The monoisotopic (exact) mass is 270 g/mol. The lowest BCUT2D eigenvalue weighted by Gasteiger charge is -2.22. The van der Waals surface area contributed by atoms with Gasteiger partial charge < -0.3 is 15.8 Å². The molecule has 0 aromatic rings. The van der Waals surface area contributed by atoms with Gasteiger partial charge in [-0.15, -0.1) is 0 Å². The van der Waals surface area contributed by atoms with E-state index in [-0.39, 0.29) is 17.9 Å². The van der Waals surface area contributed by atoms with Crippen molar-refractivity contribution in [3.8, 4) is 0 Å². The van der Waals surface area contributed by atoms with E-state index < -0.39 is 0 Å². The molecule has 0 aromatic carbocycles. The maximum absolute atomic E-state index is 11.7. The van der Waals surface area contributed by atoms with Gasteiger partial charge in [0.25, 0.3) is 0 Å². The lowest BCUT2D eigenvalue weighted by molar-refractivity contribution is -0.123. The van der Waals surface area contributed by atoms with Gasteiger partial charge in [-0.25, -0.2) is 0 Å². The highest BCUT2D eigenvalue weighted by Gasteiger charge is 2.18. The fourth-order valence-electron chi connectivity index (χ4n) is 2.40. The van der Waals surface area contributed by atoms with E-state index in [1.54, 1.807) is 0 Å². The number of carbonyl (C=O) groups excluding carboxylic acids is 1. The molecular weight excluding hydrogens is 240 g/mol. The zero-order valence-corrected chi connectivity index (χ0v) is 12.5. The zero-order valence-electron chi connectivity index (χ0n) is 12.5. The Kier molecular flexibility index (Phi) is 8.07. The summed E-state index contributed by atoms with van der Waals surface area (Å²) in [7, 11) is 0. The molecule has 0 unspecified atom stereocenters. The lowest BCUT2D eigenvalue weighted by atomic mass is 9.98. The first-order valence-electron chi connectivity index (χ1n) is 7.80. The fourth-order valence-corrected chi connectivity index (χ4v) is 2.40. The Hall–Kier alpha value is -0.610. The Balaban J connectivity index is 2.02. The molecular formula is C15H30N2O2. The average Bonchev–Trinajstić information content (AvgIpc) is 2.46. The molecule has 1 saturated carbocycles. The van der Waals surface area contributed by atoms with Crippen LogP contribution in [-0.4, -0.2) is 31.2 Å². The molecule has 0 spiro atoms. The first kappa shape index (κ1) is 16.4. The molecule has 1 aliphatic carbocycles. The summed E-state index contributed by atoms with van der Waals surface area (Å²) in [5.41, 5.74) is 5.86. The molecule has 0 aromatic heterocycles. The second-order valence-electron chi connectivity index (χ2n) is 5.69. The van der Waals surface area contributed by atoms with Crippen molar-refractivity contribution in [2.45, 2.75) is 70.9 Å². The van der Waals surface area contributed by atoms with Gasteiger partial charge in [0.2, 0.25) is 5.91 Å². The third-order valence-corrected chi connectivity index (χ3v) is 4.09. The van der Waals surface area contributed by atoms with Crippen LogP contribution in [0.15, 0.2) is 0 Å². The molecule has 1 aliphatic rings. The number of hydrogen-bond donors (Lipinski definition) is 2. The van der Waals surface area contributed by atoms with Crippen LogP contribution < -0.4 is 11.1 Å². The summed E-state index contributed by atoms with van der Waals surface area (Å²) in [5.74, 6) is 0.200. The highest BCUT2D eigenvalue weighted by Crippen LogP contribution is 2.20. The number of hydrogen-bond acceptors (Lipinski definition) is 3. The molecule has 4 nitrogen and oxygen atoms in total. The van der Waals surface area contributed by atoms with Crippen LogP contribution in [-0.2, 0) is 9.53 Å². The van der Waals surface area contributed by atoms with Crippen molar-refractivity contribution in [3.05, 3.63) is 0 Å². The topological polar surface area (TPSA) is 64.4 Å². The van der Waals surface area contributed by atoms with Gasteiger partial charge in [0.1, 0.15) is 0 Å². The van der Waals surface area contributed by atoms with Gasteiger partial charge in [-0.1, -0.05) is 39.5 Å². The van der Waals surface area contributed by atoms with Crippen LogP contribution in [0.5, 0.6) is 0 Å². The van der Waals surface area contributed by atoms with Crippen LogP contribution in [0.1, 0.15) is 58.8 Å². The van der Waals surface area contributed by atoms with Crippen molar-refractivity contribution < 1.29 is 9.53 Å². The van der Waals surface area contributed by atoms with Crippen LogP contribution in [0.25, 0.3) is 0 Å². The maximum Gasteiger partial charge on any atom is 0.237 e. The molecule has 4 heteroatoms. The molecule has 2 atom stereocenters. The van der Waals surface area contributed by atoms with Gasteiger partial charge >= 0.3 is 0 Å². The number of rotatable bonds is 8. The van der Waals surface area contributed by atoms with Crippen molar-refractivity contribution in [1.29, 1.82) is 0 Å². The minimum atomic E-state index is -0.385. The predicted molar refractivity (Wildman–Crippen MR) is 77.9 cm³/mol. The van der Waals surface area contributed by atoms with E-state index >= 15 is 0 Å². The second-order valence-corrected chi connectivity index (χ2v) is 5.69. The smallest absolute Gasteiger partial charge is 0.237 e. The van der Waals surface area contributed by atoms with E-state index in [4.69, 9.17) is 10.5 Å². The summed E-state index contributed by atoms with van der Waals surface area (Å²) < 4.78 is 5.81. The van der Waals surface area contributed by atoms with Crippen molar-refractivity contribution in [3.63, 3.8) is 0 Å². The van der Waals surface area contributed by atoms with Crippen molar-refractivity contribution in [2.75, 3.05) is 13.2 Å². The van der Waals surface area contributed by atoms with Crippen LogP contribution >= 0.6 is 0 Å². The van der Waals surface area contributed by atoms with Crippen molar-refractivity contribution >= 4 is 5.91 Å². The fraction of sp³-hybridized carbons (Fsp3) is 0.933. The molecule has 19 heavy (non-hydrogen) atoms. The molecule has 112 valence electrons. The molecule has 3 N–H and O–H groups in total. The molecule has 0 bridgehead atoms. The molecule has 0 aliphatic heterocycles. The van der Waals surface area contributed by atoms with Gasteiger partial charge in [-0.3, -0.25) is 4.79 Å². The van der Waals surface area contributed by atoms with E-state index in [0.717, 1.165) is 19.4 Å². The zero-order chi connectivity index (χ0) is 14.1. The number of nitrogens with two attached hydrogens (primary N) is 1. The van der Waals surface area contributed by atoms with Gasteiger partial charge in [-0.05, 0) is 25.2 Å². The molecule has 1 rings (SSSR count). The first-order valence-corrected chi connectivity index (χ1v) is 7.80. The maximum atomic E-state index is 11.7. The largest absolute Gasteiger partial charge is 0.378 e. The summed E-state index contributed by atoms with van der Waals surface area (Å²) in [6, 6.07) is -0.385. The lowest BCUT2D eigenvalue weighted by Crippen LogP contribution is -2.45. The second kappa shape index (κ2) is 9.32. The number of nitrogens with one attached hydrogen (secondary N) is 1. The van der Waals surface area contributed by atoms with Crippen LogP contribution in [0.2, 0.25) is 0 Å². The third kappa shape index (κ3) is 6.39. The Bertz CT molecular complexity index is 253. The molecule has 0 saturated heterocycles. The van der Waals surface area contributed by atoms with Gasteiger partial charge in [0, 0.05) is 13.2 Å². The number of amides is 1. The minimum Gasteiger partial charge on any atom is -0.378 e. The van der Waals surface area contributed by atoms with Crippen molar-refractivity contribution in [1.82, 2.24) is 5.32 Å². The van der Waals surface area contributed by atoms with E-state index in [1.165, 1.54) is 32.1 Å². The third-order valence-electron chi connectivity index (χ3n) is 4.09. The number of carbonyl (C=O) groups is 1. The Morgan fingerprint density at radius 2 is 2.05 bits per heavy atom. The SMILES string of the molecule is CC[C@H](C)[C@H](N)C(=O)NCCCOC1CCCCC1. The van der Waals surface area contributed by atoms with Crippen LogP contribution in [0.3, 0.4) is 0 Å². The first-order chi connectivity index (χ1) is 9.15. The van der Waals surface area contributed by atoms with Gasteiger partial charge in [0.05, 0.1) is 12.1 Å². The summed E-state index contributed by atoms with van der Waals surface area (Å²) in [5, 5.41) is 2.89. The average molecular weight is 270 g/mol. The summed E-state index contributed by atoms with van der Waals surface area (Å²) >= 11 is 0. The summed E-state index contributed by atoms with van der Waals surface area (Å²) in [6.45, 7) is 5.46. The predicted octanol–water partition coefficient (Wildman–Crippen LogP) is 2.22. The Morgan fingerprint density at radius 1 is 1.37 bits per heavy atom. The number of ether oxygens (including phenoxy) is 1. The molecule has 1 amide bonds. The van der Waals surface area contributed by atoms with Gasteiger partial charge in [-0.2, -0.15) is 0 Å². The quantitative estimate of drug-likeness (QED) is 0.665. The van der Waals surface area contributed by atoms with Crippen LogP contribution in [0.4, 0.5) is 0 Å². The summed E-state index contributed by atoms with van der Waals surface area (Å²) in [6.07, 6.45) is 8.59. The molecule has 0 radical (unpaired) electrons. The van der Waals surface area contributed by atoms with E-state index in [0.29, 0.717) is 12.6 Å². The van der Waals surface area contributed by atoms with E-state index in [2.05, 4.69) is 12.2 Å². The van der Waals surface area contributed by atoms with E-state index in [1.807, 2.05) is 6.92 Å². The van der Waals surface area contributed by atoms with Gasteiger partial charge in [0.15, 0.2) is 0 Å². The van der Waals surface area contributed by atoms with Crippen molar-refractivity contribution in [2.24, 2.45) is 11.7 Å².